The predicted octanol–water partition coefficient (Wildman–Crippen LogP) is 5.93. The number of carbonyl (C=O) groups is 1. The van der Waals surface area contributed by atoms with Gasteiger partial charge in [-0.1, -0.05) is 49.0 Å². The summed E-state index contributed by atoms with van der Waals surface area (Å²) in [6.45, 7) is 3.11. The molecule has 4 aromatic rings. The molecule has 5 nitrogen and oxygen atoms in total. The Morgan fingerprint density at radius 1 is 1.09 bits per heavy atom. The molecule has 0 saturated carbocycles. The minimum Gasteiger partial charge on any atom is -0.352 e. The molecule has 2 heterocycles. The average Bonchev–Trinajstić information content (AvgIpc) is 3.18. The van der Waals surface area contributed by atoms with Gasteiger partial charge in [0.05, 0.1) is 29.3 Å². The number of imidazole rings is 1. The van der Waals surface area contributed by atoms with Gasteiger partial charge >= 0.3 is 6.18 Å². The molecule has 4 rings (SSSR count). The highest BCUT2D eigenvalue weighted by molar-refractivity contribution is 7.98. The molecular weight excluding hydrogens is 461 g/mol. The van der Waals surface area contributed by atoms with Crippen molar-refractivity contribution in [3.63, 3.8) is 0 Å². The van der Waals surface area contributed by atoms with Crippen molar-refractivity contribution >= 4 is 28.7 Å². The Balaban J connectivity index is 1.56. The van der Waals surface area contributed by atoms with Gasteiger partial charge in [0.15, 0.2) is 5.16 Å². The van der Waals surface area contributed by atoms with Crippen LogP contribution < -0.4 is 5.32 Å². The molecule has 0 aliphatic carbocycles. The maximum absolute atomic E-state index is 13.1. The van der Waals surface area contributed by atoms with Crippen molar-refractivity contribution in [2.75, 3.05) is 6.54 Å². The lowest BCUT2D eigenvalue weighted by molar-refractivity contribution is -0.137. The van der Waals surface area contributed by atoms with Gasteiger partial charge in [-0.25, -0.2) is 4.98 Å². The molecule has 0 radical (unpaired) electrons. The summed E-state index contributed by atoms with van der Waals surface area (Å²) < 4.78 is 41.2. The molecule has 0 aliphatic heterocycles. The van der Waals surface area contributed by atoms with Crippen LogP contribution in [0.3, 0.4) is 0 Å². The zero-order chi connectivity index (χ0) is 24.1. The highest BCUT2D eigenvalue weighted by Gasteiger charge is 2.30. The van der Waals surface area contributed by atoms with E-state index in [1.54, 1.807) is 36.7 Å². The molecule has 0 saturated heterocycles. The molecule has 2 aromatic carbocycles. The van der Waals surface area contributed by atoms with E-state index in [2.05, 4.69) is 15.3 Å². The minimum absolute atomic E-state index is 0.108. The summed E-state index contributed by atoms with van der Waals surface area (Å²) in [5.74, 6) is 0.236. The van der Waals surface area contributed by atoms with Gasteiger partial charge in [-0.2, -0.15) is 13.2 Å². The van der Waals surface area contributed by atoms with Crippen LogP contribution in [-0.2, 0) is 18.5 Å². The first-order valence-corrected chi connectivity index (χ1v) is 11.8. The number of hydrogen-bond donors (Lipinski definition) is 1. The zero-order valence-electron chi connectivity index (χ0n) is 18.5. The summed E-state index contributed by atoms with van der Waals surface area (Å²) in [5.41, 5.74) is 3.06. The number of alkyl halides is 3. The fourth-order valence-electron chi connectivity index (χ4n) is 3.48. The zero-order valence-corrected chi connectivity index (χ0v) is 19.3. The van der Waals surface area contributed by atoms with E-state index in [4.69, 9.17) is 0 Å². The van der Waals surface area contributed by atoms with E-state index >= 15 is 0 Å². The van der Waals surface area contributed by atoms with Gasteiger partial charge in [-0.15, -0.1) is 0 Å². The van der Waals surface area contributed by atoms with Crippen LogP contribution in [0.2, 0.25) is 0 Å². The Bertz CT molecular complexity index is 1290. The number of thioether (sulfide) groups is 1. The Morgan fingerprint density at radius 3 is 2.62 bits per heavy atom. The Hall–Kier alpha value is -3.33. The van der Waals surface area contributed by atoms with Crippen LogP contribution in [0.25, 0.3) is 11.0 Å². The van der Waals surface area contributed by atoms with E-state index in [0.29, 0.717) is 35.1 Å². The van der Waals surface area contributed by atoms with Crippen molar-refractivity contribution in [3.8, 4) is 0 Å². The number of pyridine rings is 1. The summed E-state index contributed by atoms with van der Waals surface area (Å²) in [4.78, 5) is 21.0. The van der Waals surface area contributed by atoms with E-state index in [1.807, 2.05) is 23.6 Å². The summed E-state index contributed by atoms with van der Waals surface area (Å²) in [6.07, 6.45) is -0.126. The summed E-state index contributed by atoms with van der Waals surface area (Å²) >= 11 is 1.37. The normalized spacial score (nSPS) is 11.6. The molecule has 1 amide bonds. The molecule has 0 fully saturated rings. The number of carbonyl (C=O) groups excluding carboxylic acids is 1. The van der Waals surface area contributed by atoms with Crippen LogP contribution in [-0.4, -0.2) is 27.0 Å². The van der Waals surface area contributed by atoms with E-state index in [9.17, 15) is 18.0 Å². The first kappa shape index (κ1) is 23.8. The number of fused-ring (bicyclic) bond motifs is 1. The van der Waals surface area contributed by atoms with E-state index < -0.39 is 11.7 Å². The Labute approximate surface area is 199 Å². The third-order valence-electron chi connectivity index (χ3n) is 5.23. The molecule has 1 N–H and O–H groups in total. The second-order valence-corrected chi connectivity index (χ2v) is 8.73. The molecule has 0 aliphatic rings. The molecule has 0 unspecified atom stereocenters. The number of nitrogens with zero attached hydrogens (tertiary/aromatic N) is 3. The van der Waals surface area contributed by atoms with Gasteiger partial charge in [0.25, 0.3) is 5.91 Å². The van der Waals surface area contributed by atoms with Gasteiger partial charge in [0, 0.05) is 24.1 Å². The van der Waals surface area contributed by atoms with Crippen LogP contribution in [0.15, 0.2) is 72.1 Å². The molecule has 9 heteroatoms. The molecule has 0 atom stereocenters. The molecule has 2 aromatic heterocycles. The predicted molar refractivity (Wildman–Crippen MR) is 127 cm³/mol. The topological polar surface area (TPSA) is 59.8 Å². The highest BCUT2D eigenvalue weighted by atomic mass is 32.2. The SMILES string of the molecule is CCCNC(=O)c1ccc(Cn2c(SCc3cccc(C(F)(F)F)c3)nc3ccncc32)cc1. The molecule has 176 valence electrons. The minimum atomic E-state index is -4.38. The summed E-state index contributed by atoms with van der Waals surface area (Å²) in [7, 11) is 0. The van der Waals surface area contributed by atoms with E-state index in [1.165, 1.54) is 23.9 Å². The highest BCUT2D eigenvalue weighted by Crippen LogP contribution is 2.32. The number of halogens is 3. The quantitative estimate of drug-likeness (QED) is 0.315. The van der Waals surface area contributed by atoms with Gasteiger partial charge in [-0.05, 0) is 41.8 Å². The first-order valence-electron chi connectivity index (χ1n) is 10.8. The van der Waals surface area contributed by atoms with Crippen molar-refractivity contribution in [2.45, 2.75) is 37.0 Å². The second-order valence-electron chi connectivity index (χ2n) is 7.78. The van der Waals surface area contributed by atoms with Gasteiger partial charge in [0.2, 0.25) is 0 Å². The number of aromatic nitrogens is 3. The Kier molecular flexibility index (Phi) is 7.21. The number of benzene rings is 2. The first-order chi connectivity index (χ1) is 16.3. The van der Waals surface area contributed by atoms with Crippen LogP contribution in [0.4, 0.5) is 13.2 Å². The molecular formula is C25H23F3N4OS. The van der Waals surface area contributed by atoms with Gasteiger partial charge < -0.3 is 9.88 Å². The van der Waals surface area contributed by atoms with Crippen molar-refractivity contribution in [3.05, 3.63) is 89.2 Å². The fourth-order valence-corrected chi connectivity index (χ4v) is 4.44. The second kappa shape index (κ2) is 10.3. The summed E-state index contributed by atoms with van der Waals surface area (Å²) in [6, 6.07) is 14.5. The third-order valence-corrected chi connectivity index (χ3v) is 6.28. The monoisotopic (exact) mass is 484 g/mol. The Morgan fingerprint density at radius 2 is 1.88 bits per heavy atom. The number of amides is 1. The standard InChI is InChI=1S/C25H23F3N4OS/c1-2-11-30-23(33)19-8-6-17(7-9-19)15-32-22-14-29-12-10-21(22)31-24(32)34-16-18-4-3-5-20(13-18)25(26,27)28/h3-10,12-14H,2,11,15-16H2,1H3,(H,30,33). The number of rotatable bonds is 8. The third kappa shape index (κ3) is 5.59. The lowest BCUT2D eigenvalue weighted by Crippen LogP contribution is -2.23. The van der Waals surface area contributed by atoms with Crippen molar-refractivity contribution < 1.29 is 18.0 Å². The van der Waals surface area contributed by atoms with Crippen molar-refractivity contribution in [1.29, 1.82) is 0 Å². The van der Waals surface area contributed by atoms with Crippen LogP contribution in [0, 0.1) is 0 Å². The van der Waals surface area contributed by atoms with Gasteiger partial charge in [0.1, 0.15) is 0 Å². The lowest BCUT2D eigenvalue weighted by atomic mass is 10.1. The lowest BCUT2D eigenvalue weighted by Gasteiger charge is -2.11. The van der Waals surface area contributed by atoms with E-state index in [-0.39, 0.29) is 5.91 Å². The summed E-state index contributed by atoms with van der Waals surface area (Å²) in [5, 5.41) is 3.54. The largest absolute Gasteiger partial charge is 0.416 e. The van der Waals surface area contributed by atoms with Crippen LogP contribution in [0.1, 0.15) is 40.4 Å². The maximum Gasteiger partial charge on any atom is 0.416 e. The molecule has 0 bridgehead atoms. The van der Waals surface area contributed by atoms with Gasteiger partial charge in [-0.3, -0.25) is 9.78 Å². The van der Waals surface area contributed by atoms with Crippen LogP contribution >= 0.6 is 11.8 Å². The average molecular weight is 485 g/mol. The number of hydrogen-bond acceptors (Lipinski definition) is 4. The van der Waals surface area contributed by atoms with Crippen LogP contribution in [0.5, 0.6) is 0 Å². The van der Waals surface area contributed by atoms with E-state index in [0.717, 1.165) is 29.1 Å². The molecule has 34 heavy (non-hydrogen) atoms. The van der Waals surface area contributed by atoms with Crippen molar-refractivity contribution in [1.82, 2.24) is 19.9 Å². The number of nitrogens with one attached hydrogen (secondary N) is 1. The fraction of sp³-hybridized carbons (Fsp3) is 0.240. The maximum atomic E-state index is 13.1. The smallest absolute Gasteiger partial charge is 0.352 e. The molecule has 0 spiro atoms. The van der Waals surface area contributed by atoms with Crippen molar-refractivity contribution in [2.24, 2.45) is 0 Å².